The predicted octanol–water partition coefficient (Wildman–Crippen LogP) is 9.46. The Labute approximate surface area is 191 Å². The van der Waals surface area contributed by atoms with E-state index in [2.05, 4.69) is 25.7 Å². The van der Waals surface area contributed by atoms with Crippen LogP contribution in [-0.4, -0.2) is 23.9 Å². The lowest BCUT2D eigenvalue weighted by molar-refractivity contribution is -0.131. The van der Waals surface area contributed by atoms with Crippen molar-refractivity contribution in [1.29, 1.82) is 0 Å². The van der Waals surface area contributed by atoms with Gasteiger partial charge in [-0.2, -0.15) is 0 Å². The molecule has 0 radical (unpaired) electrons. The zero-order chi connectivity index (χ0) is 22.1. The quantitative estimate of drug-likeness (QED) is 0.141. The standard InChI is InChI=1S/C28H57NO/c1-4-7-8-9-10-11-12-13-14-15-16-17-18-19-20-21-22-23-24-25-28(30)29(26-5-2)27-6-3/h4-27H2,1-3H3. The molecule has 0 bridgehead atoms. The van der Waals surface area contributed by atoms with Gasteiger partial charge in [0.25, 0.3) is 0 Å². The molecule has 2 heteroatoms. The number of hydrogen-bond donors (Lipinski definition) is 0. The predicted molar refractivity (Wildman–Crippen MR) is 135 cm³/mol. The van der Waals surface area contributed by atoms with Crippen molar-refractivity contribution in [2.75, 3.05) is 13.1 Å². The monoisotopic (exact) mass is 423 g/mol. The highest BCUT2D eigenvalue weighted by Gasteiger charge is 2.10. The number of rotatable bonds is 24. The van der Waals surface area contributed by atoms with E-state index in [1.54, 1.807) is 0 Å². The first-order valence-electron chi connectivity index (χ1n) is 14.0. The molecule has 0 unspecified atom stereocenters. The molecule has 0 spiro atoms. The molecule has 0 fully saturated rings. The van der Waals surface area contributed by atoms with Gasteiger partial charge in [0.2, 0.25) is 5.91 Å². The molecule has 30 heavy (non-hydrogen) atoms. The minimum Gasteiger partial charge on any atom is -0.343 e. The lowest BCUT2D eigenvalue weighted by atomic mass is 10.0. The topological polar surface area (TPSA) is 20.3 Å². The molecule has 0 aliphatic heterocycles. The molecule has 0 N–H and O–H groups in total. The average Bonchev–Trinajstić information content (AvgIpc) is 2.75. The van der Waals surface area contributed by atoms with Gasteiger partial charge in [-0.3, -0.25) is 4.79 Å². The third kappa shape index (κ3) is 20.7. The number of hydrogen-bond acceptors (Lipinski definition) is 1. The van der Waals surface area contributed by atoms with Crippen LogP contribution in [0, 0.1) is 0 Å². The summed E-state index contributed by atoms with van der Waals surface area (Å²) < 4.78 is 0. The van der Waals surface area contributed by atoms with E-state index in [9.17, 15) is 4.79 Å². The zero-order valence-corrected chi connectivity index (χ0v) is 21.3. The molecule has 0 saturated carbocycles. The van der Waals surface area contributed by atoms with E-state index in [0.29, 0.717) is 5.91 Å². The van der Waals surface area contributed by atoms with Crippen LogP contribution in [0.25, 0.3) is 0 Å². The number of nitrogens with zero attached hydrogens (tertiary/aromatic N) is 1. The van der Waals surface area contributed by atoms with E-state index in [1.165, 1.54) is 116 Å². The summed E-state index contributed by atoms with van der Waals surface area (Å²) in [5.74, 6) is 0.380. The Bertz CT molecular complexity index is 336. The van der Waals surface area contributed by atoms with Gasteiger partial charge < -0.3 is 4.90 Å². The van der Waals surface area contributed by atoms with E-state index >= 15 is 0 Å². The molecule has 0 atom stereocenters. The molecule has 0 rings (SSSR count). The fraction of sp³-hybridized carbons (Fsp3) is 0.964. The van der Waals surface area contributed by atoms with Gasteiger partial charge in [0, 0.05) is 19.5 Å². The molecular formula is C28H57NO. The first-order chi connectivity index (χ1) is 14.8. The van der Waals surface area contributed by atoms with Gasteiger partial charge in [0.05, 0.1) is 0 Å². The second-order valence-electron chi connectivity index (χ2n) is 9.49. The van der Waals surface area contributed by atoms with E-state index in [4.69, 9.17) is 0 Å². The van der Waals surface area contributed by atoms with Crippen molar-refractivity contribution >= 4 is 5.91 Å². The SMILES string of the molecule is CCCCCCCCCCCCCCCCCCCCCC(=O)N(CCC)CCC. The Kier molecular flexibility index (Phi) is 24.3. The smallest absolute Gasteiger partial charge is 0.222 e. The average molecular weight is 424 g/mol. The summed E-state index contributed by atoms with van der Waals surface area (Å²) in [6.07, 6.45) is 29.5. The summed E-state index contributed by atoms with van der Waals surface area (Å²) in [6.45, 7) is 8.49. The number of amides is 1. The largest absolute Gasteiger partial charge is 0.343 e. The van der Waals surface area contributed by atoms with Gasteiger partial charge in [-0.25, -0.2) is 0 Å². The van der Waals surface area contributed by atoms with Crippen LogP contribution in [0.1, 0.15) is 162 Å². The Hall–Kier alpha value is -0.530. The summed E-state index contributed by atoms with van der Waals surface area (Å²) in [5.41, 5.74) is 0. The molecule has 0 aromatic carbocycles. The van der Waals surface area contributed by atoms with Crippen LogP contribution in [0.4, 0.5) is 0 Å². The third-order valence-corrected chi connectivity index (χ3v) is 6.33. The lowest BCUT2D eigenvalue weighted by Gasteiger charge is -2.21. The van der Waals surface area contributed by atoms with E-state index in [1.807, 2.05) is 0 Å². The van der Waals surface area contributed by atoms with Crippen molar-refractivity contribution in [2.24, 2.45) is 0 Å². The van der Waals surface area contributed by atoms with Crippen LogP contribution in [-0.2, 0) is 4.79 Å². The summed E-state index contributed by atoms with van der Waals surface area (Å²) in [7, 11) is 0. The third-order valence-electron chi connectivity index (χ3n) is 6.33. The van der Waals surface area contributed by atoms with E-state index in [0.717, 1.165) is 38.8 Å². The van der Waals surface area contributed by atoms with E-state index < -0.39 is 0 Å². The molecule has 2 nitrogen and oxygen atoms in total. The van der Waals surface area contributed by atoms with E-state index in [-0.39, 0.29) is 0 Å². The summed E-state index contributed by atoms with van der Waals surface area (Å²) >= 11 is 0. The van der Waals surface area contributed by atoms with Gasteiger partial charge >= 0.3 is 0 Å². The van der Waals surface area contributed by atoms with Gasteiger partial charge in [-0.05, 0) is 19.3 Å². The van der Waals surface area contributed by atoms with Crippen molar-refractivity contribution in [1.82, 2.24) is 4.90 Å². The minimum atomic E-state index is 0.380. The van der Waals surface area contributed by atoms with Gasteiger partial charge in [0.1, 0.15) is 0 Å². The summed E-state index contributed by atoms with van der Waals surface area (Å²) in [5, 5.41) is 0. The summed E-state index contributed by atoms with van der Waals surface area (Å²) in [6, 6.07) is 0. The number of unbranched alkanes of at least 4 members (excludes halogenated alkanes) is 18. The van der Waals surface area contributed by atoms with Crippen molar-refractivity contribution in [2.45, 2.75) is 162 Å². The number of carbonyl (C=O) groups excluding carboxylic acids is 1. The number of carbonyl (C=O) groups is 1. The fourth-order valence-corrected chi connectivity index (χ4v) is 4.41. The van der Waals surface area contributed by atoms with Gasteiger partial charge in [-0.15, -0.1) is 0 Å². The first-order valence-corrected chi connectivity index (χ1v) is 14.0. The van der Waals surface area contributed by atoms with Crippen LogP contribution in [0.3, 0.4) is 0 Å². The Morgan fingerprint density at radius 3 is 1.03 bits per heavy atom. The van der Waals surface area contributed by atoms with Crippen LogP contribution < -0.4 is 0 Å². The lowest BCUT2D eigenvalue weighted by Crippen LogP contribution is -2.32. The molecule has 0 saturated heterocycles. The Morgan fingerprint density at radius 2 is 0.733 bits per heavy atom. The molecule has 0 aliphatic carbocycles. The van der Waals surface area contributed by atoms with Crippen molar-refractivity contribution < 1.29 is 4.79 Å². The first kappa shape index (κ1) is 29.5. The minimum absolute atomic E-state index is 0.380. The van der Waals surface area contributed by atoms with Gasteiger partial charge in [0.15, 0.2) is 0 Å². The second kappa shape index (κ2) is 24.7. The Balaban J connectivity index is 3.23. The molecule has 0 aliphatic rings. The Morgan fingerprint density at radius 1 is 0.433 bits per heavy atom. The highest BCUT2D eigenvalue weighted by molar-refractivity contribution is 5.76. The van der Waals surface area contributed by atoms with Crippen LogP contribution in [0.15, 0.2) is 0 Å². The van der Waals surface area contributed by atoms with Crippen LogP contribution in [0.5, 0.6) is 0 Å². The fourth-order valence-electron chi connectivity index (χ4n) is 4.41. The van der Waals surface area contributed by atoms with Crippen molar-refractivity contribution in [3.8, 4) is 0 Å². The highest BCUT2D eigenvalue weighted by atomic mass is 16.2. The van der Waals surface area contributed by atoms with Crippen molar-refractivity contribution in [3.63, 3.8) is 0 Å². The van der Waals surface area contributed by atoms with Crippen LogP contribution in [0.2, 0.25) is 0 Å². The zero-order valence-electron chi connectivity index (χ0n) is 21.3. The molecular weight excluding hydrogens is 366 g/mol. The van der Waals surface area contributed by atoms with Crippen molar-refractivity contribution in [3.05, 3.63) is 0 Å². The molecule has 180 valence electrons. The maximum atomic E-state index is 12.2. The normalized spacial score (nSPS) is 11.2. The van der Waals surface area contributed by atoms with Crippen LogP contribution >= 0.6 is 0 Å². The summed E-state index contributed by atoms with van der Waals surface area (Å²) in [4.78, 5) is 14.3. The molecule has 0 heterocycles. The molecule has 1 amide bonds. The maximum Gasteiger partial charge on any atom is 0.222 e. The molecule has 0 aromatic rings. The molecule has 0 aromatic heterocycles. The maximum absolute atomic E-state index is 12.2. The second-order valence-corrected chi connectivity index (χ2v) is 9.49. The highest BCUT2D eigenvalue weighted by Crippen LogP contribution is 2.15. The van der Waals surface area contributed by atoms with Gasteiger partial charge in [-0.1, -0.05) is 136 Å².